The predicted octanol–water partition coefficient (Wildman–Crippen LogP) is 0.502. The van der Waals surface area contributed by atoms with Gasteiger partial charge in [0.05, 0.1) is 35.1 Å². The average molecular weight is 493 g/mol. The number of benzene rings is 1. The number of imide groups is 1. The molecule has 10 nitrogen and oxygen atoms in total. The molecule has 12 heteroatoms. The van der Waals surface area contributed by atoms with E-state index in [9.17, 15) is 22.8 Å². The summed E-state index contributed by atoms with van der Waals surface area (Å²) in [5.74, 6) is -1.27. The van der Waals surface area contributed by atoms with Crippen LogP contribution in [0.2, 0.25) is 0 Å². The number of ether oxygens (including phenoxy) is 1. The molecule has 2 N–H and O–H groups in total. The molecule has 0 radical (unpaired) electrons. The van der Waals surface area contributed by atoms with Crippen LogP contribution in [0, 0.1) is 0 Å². The lowest BCUT2D eigenvalue weighted by molar-refractivity contribution is -0.122. The highest BCUT2D eigenvalue weighted by Crippen LogP contribution is 2.28. The Morgan fingerprint density at radius 2 is 1.85 bits per heavy atom. The zero-order valence-corrected chi connectivity index (χ0v) is 19.4. The number of carbonyl (C=O) groups is 3. The van der Waals surface area contributed by atoms with Crippen molar-refractivity contribution < 1.29 is 27.5 Å². The van der Waals surface area contributed by atoms with Crippen molar-refractivity contribution in [3.05, 3.63) is 46.7 Å². The van der Waals surface area contributed by atoms with Crippen LogP contribution < -0.4 is 10.0 Å². The Balaban J connectivity index is 1.56. The number of thiophene rings is 1. The first kappa shape index (κ1) is 23.5. The number of anilines is 1. The topological polar surface area (TPSA) is 130 Å². The molecule has 1 aromatic carbocycles. The van der Waals surface area contributed by atoms with Crippen LogP contribution in [0.5, 0.6) is 0 Å². The third-order valence-electron chi connectivity index (χ3n) is 5.68. The van der Waals surface area contributed by atoms with Gasteiger partial charge in [0.2, 0.25) is 15.9 Å². The van der Waals surface area contributed by atoms with E-state index < -0.39 is 27.9 Å². The summed E-state index contributed by atoms with van der Waals surface area (Å²) in [6.45, 7) is 3.55. The summed E-state index contributed by atoms with van der Waals surface area (Å²) < 4.78 is 28.4. The van der Waals surface area contributed by atoms with Gasteiger partial charge in [-0.25, -0.2) is 18.5 Å². The first-order valence-electron chi connectivity index (χ1n) is 10.4. The van der Waals surface area contributed by atoms with Crippen LogP contribution in [0.1, 0.15) is 16.1 Å². The van der Waals surface area contributed by atoms with Crippen molar-refractivity contribution in [2.24, 2.45) is 5.14 Å². The number of carbonyl (C=O) groups excluding carboxylic acids is 3. The number of hydrogen-bond acceptors (Lipinski definition) is 8. The number of sulfonamides is 1. The number of nitrogens with two attached hydrogens (primary N) is 1. The smallest absolute Gasteiger partial charge is 0.264 e. The molecule has 2 fully saturated rings. The van der Waals surface area contributed by atoms with Gasteiger partial charge in [0, 0.05) is 26.2 Å². The van der Waals surface area contributed by atoms with Crippen LogP contribution in [0.4, 0.5) is 5.69 Å². The number of morpholine rings is 1. The van der Waals surface area contributed by atoms with Crippen molar-refractivity contribution in [2.75, 3.05) is 44.3 Å². The van der Waals surface area contributed by atoms with E-state index in [0.717, 1.165) is 18.0 Å². The maximum absolute atomic E-state index is 13.3. The molecule has 0 aliphatic carbocycles. The lowest BCUT2D eigenvalue weighted by atomic mass is 10.2. The van der Waals surface area contributed by atoms with E-state index in [1.165, 1.54) is 40.5 Å². The Kier molecular flexibility index (Phi) is 6.91. The molecule has 0 bridgehead atoms. The van der Waals surface area contributed by atoms with E-state index in [0.29, 0.717) is 31.2 Å². The second kappa shape index (κ2) is 9.69. The second-order valence-electron chi connectivity index (χ2n) is 7.76. The summed E-state index contributed by atoms with van der Waals surface area (Å²) in [6.07, 6.45) is -0.143. The quantitative estimate of drug-likeness (QED) is 0.557. The van der Waals surface area contributed by atoms with Crippen molar-refractivity contribution >= 4 is 44.8 Å². The molecule has 0 saturated carbocycles. The molecular weight excluding hydrogens is 468 g/mol. The van der Waals surface area contributed by atoms with Crippen molar-refractivity contribution in [1.82, 2.24) is 9.80 Å². The summed E-state index contributed by atoms with van der Waals surface area (Å²) in [5.41, 5.74) is 0.233. The average Bonchev–Trinajstić information content (AvgIpc) is 3.43. The molecule has 176 valence electrons. The molecule has 0 spiro atoms. The van der Waals surface area contributed by atoms with Gasteiger partial charge in [-0.3, -0.25) is 19.3 Å². The molecular formula is C21H24N4O6S2. The van der Waals surface area contributed by atoms with Crippen molar-refractivity contribution in [2.45, 2.75) is 17.4 Å². The summed E-state index contributed by atoms with van der Waals surface area (Å²) in [7, 11) is -3.90. The summed E-state index contributed by atoms with van der Waals surface area (Å²) >= 11 is 1.28. The molecule has 3 heterocycles. The minimum absolute atomic E-state index is 0.123. The van der Waals surface area contributed by atoms with E-state index >= 15 is 0 Å². The van der Waals surface area contributed by atoms with Crippen LogP contribution in [0.15, 0.2) is 46.7 Å². The minimum atomic E-state index is -3.90. The lowest BCUT2D eigenvalue weighted by Gasteiger charge is -2.32. The van der Waals surface area contributed by atoms with Crippen LogP contribution >= 0.6 is 11.3 Å². The maximum Gasteiger partial charge on any atom is 0.264 e. The highest BCUT2D eigenvalue weighted by atomic mass is 32.2. The van der Waals surface area contributed by atoms with Crippen molar-refractivity contribution in [1.29, 1.82) is 0 Å². The van der Waals surface area contributed by atoms with E-state index in [1.807, 2.05) is 0 Å². The molecule has 1 unspecified atom stereocenters. The third kappa shape index (κ3) is 5.14. The Morgan fingerprint density at radius 3 is 2.45 bits per heavy atom. The van der Waals surface area contributed by atoms with E-state index in [-0.39, 0.29) is 22.9 Å². The standard InChI is InChI=1S/C21H24N4O6S2/c22-33(29,30)16-5-3-15(4-6-16)25-19(26)14-17(20(25)27)24(21(28)18-2-1-13-32-18)8-7-23-9-11-31-12-10-23/h1-6,13,17H,7-12,14H2,(H2,22,29,30). The van der Waals surface area contributed by atoms with Gasteiger partial charge in [0.25, 0.3) is 11.8 Å². The van der Waals surface area contributed by atoms with Gasteiger partial charge in [-0.2, -0.15) is 0 Å². The molecule has 33 heavy (non-hydrogen) atoms. The lowest BCUT2D eigenvalue weighted by Crippen LogP contribution is -2.49. The van der Waals surface area contributed by atoms with E-state index in [4.69, 9.17) is 9.88 Å². The third-order valence-corrected chi connectivity index (χ3v) is 7.46. The molecule has 3 amide bonds. The molecule has 1 atom stereocenters. The number of primary sulfonamides is 1. The van der Waals surface area contributed by atoms with Gasteiger partial charge >= 0.3 is 0 Å². The first-order chi connectivity index (χ1) is 15.8. The monoisotopic (exact) mass is 492 g/mol. The Bertz CT molecular complexity index is 1130. The van der Waals surface area contributed by atoms with E-state index in [2.05, 4.69) is 4.90 Å². The van der Waals surface area contributed by atoms with Gasteiger partial charge in [-0.1, -0.05) is 6.07 Å². The SMILES string of the molecule is NS(=O)(=O)c1ccc(N2C(=O)CC(N(CCN3CCOCC3)C(=O)c3cccs3)C2=O)cc1. The van der Waals surface area contributed by atoms with Gasteiger partial charge < -0.3 is 9.64 Å². The summed E-state index contributed by atoms with van der Waals surface area (Å²) in [6, 6.07) is 7.72. The first-order valence-corrected chi connectivity index (χ1v) is 12.8. The molecule has 2 aliphatic heterocycles. The Hall–Kier alpha value is -2.64. The summed E-state index contributed by atoms with van der Waals surface area (Å²) in [4.78, 5) is 44.3. The normalized spacial score (nSPS) is 19.8. The maximum atomic E-state index is 13.3. The highest BCUT2D eigenvalue weighted by Gasteiger charge is 2.44. The molecule has 2 aromatic rings. The van der Waals surface area contributed by atoms with Gasteiger partial charge in [0.1, 0.15) is 6.04 Å². The number of nitrogens with zero attached hydrogens (tertiary/aromatic N) is 3. The van der Waals surface area contributed by atoms with Crippen LogP contribution in [0.3, 0.4) is 0 Å². The van der Waals surface area contributed by atoms with Crippen molar-refractivity contribution in [3.8, 4) is 0 Å². The molecule has 1 aromatic heterocycles. The number of amides is 3. The number of rotatable bonds is 7. The van der Waals surface area contributed by atoms with Crippen LogP contribution in [-0.2, 0) is 24.3 Å². The zero-order valence-electron chi connectivity index (χ0n) is 17.8. The number of hydrogen-bond donors (Lipinski definition) is 1. The minimum Gasteiger partial charge on any atom is -0.379 e. The highest BCUT2D eigenvalue weighted by molar-refractivity contribution is 7.89. The second-order valence-corrected chi connectivity index (χ2v) is 10.3. The van der Waals surface area contributed by atoms with Crippen LogP contribution in [-0.4, -0.2) is 81.4 Å². The fourth-order valence-electron chi connectivity index (χ4n) is 3.93. The van der Waals surface area contributed by atoms with Gasteiger partial charge in [0.15, 0.2) is 0 Å². The molecule has 2 saturated heterocycles. The summed E-state index contributed by atoms with van der Waals surface area (Å²) in [5, 5.41) is 6.91. The fraction of sp³-hybridized carbons (Fsp3) is 0.381. The predicted molar refractivity (Wildman–Crippen MR) is 121 cm³/mol. The van der Waals surface area contributed by atoms with Gasteiger partial charge in [-0.05, 0) is 35.7 Å². The van der Waals surface area contributed by atoms with Crippen LogP contribution in [0.25, 0.3) is 0 Å². The fourth-order valence-corrected chi connectivity index (χ4v) is 5.12. The zero-order chi connectivity index (χ0) is 23.6. The van der Waals surface area contributed by atoms with Gasteiger partial charge in [-0.15, -0.1) is 11.3 Å². The Labute approximate surface area is 195 Å². The van der Waals surface area contributed by atoms with E-state index in [1.54, 1.807) is 17.5 Å². The largest absolute Gasteiger partial charge is 0.379 e. The Morgan fingerprint density at radius 1 is 1.15 bits per heavy atom. The van der Waals surface area contributed by atoms with Crippen molar-refractivity contribution in [3.63, 3.8) is 0 Å². The molecule has 4 rings (SSSR count). The molecule has 2 aliphatic rings.